The highest BCUT2D eigenvalue weighted by Crippen LogP contribution is 2.28. The lowest BCUT2D eigenvalue weighted by molar-refractivity contribution is 0.0752. The zero-order valence-corrected chi connectivity index (χ0v) is 12.8. The van der Waals surface area contributed by atoms with Crippen molar-refractivity contribution in [2.24, 2.45) is 11.8 Å². The van der Waals surface area contributed by atoms with Gasteiger partial charge in [-0.25, -0.2) is 13.2 Å². The Kier molecular flexibility index (Phi) is 5.34. The fourth-order valence-corrected chi connectivity index (χ4v) is 3.28. The van der Waals surface area contributed by atoms with E-state index in [2.05, 4.69) is 5.32 Å². The summed E-state index contributed by atoms with van der Waals surface area (Å²) in [6, 6.07) is 1.81. The van der Waals surface area contributed by atoms with Crippen molar-refractivity contribution >= 4 is 18.3 Å². The minimum atomic E-state index is -1.59. The summed E-state index contributed by atoms with van der Waals surface area (Å²) in [6.45, 7) is 2.96. The van der Waals surface area contributed by atoms with Gasteiger partial charge in [0.2, 0.25) is 0 Å². The smallest absolute Gasteiger partial charge is 0.256 e. The second-order valence-electron chi connectivity index (χ2n) is 5.77. The van der Waals surface area contributed by atoms with Gasteiger partial charge in [-0.15, -0.1) is 12.4 Å². The van der Waals surface area contributed by atoms with Crippen molar-refractivity contribution in [2.75, 3.05) is 26.2 Å². The third-order valence-electron chi connectivity index (χ3n) is 4.57. The summed E-state index contributed by atoms with van der Waals surface area (Å²) in [5.74, 6) is -3.74. The maximum atomic E-state index is 13.7. The summed E-state index contributed by atoms with van der Waals surface area (Å²) in [6.07, 6.45) is 1.71. The number of likely N-dealkylation sites (tertiary alicyclic amines) is 1. The van der Waals surface area contributed by atoms with Crippen LogP contribution in [0.3, 0.4) is 0 Å². The van der Waals surface area contributed by atoms with Crippen LogP contribution in [0.2, 0.25) is 0 Å². The highest BCUT2D eigenvalue weighted by Gasteiger charge is 2.32. The molecule has 3 nitrogen and oxygen atoms in total. The van der Waals surface area contributed by atoms with Crippen LogP contribution in [-0.4, -0.2) is 37.0 Å². The van der Waals surface area contributed by atoms with E-state index < -0.39 is 23.4 Å². The van der Waals surface area contributed by atoms with Crippen LogP contribution in [0.15, 0.2) is 12.1 Å². The predicted molar refractivity (Wildman–Crippen MR) is 78.6 cm³/mol. The molecule has 0 bridgehead atoms. The van der Waals surface area contributed by atoms with Gasteiger partial charge >= 0.3 is 0 Å². The first-order valence-electron chi connectivity index (χ1n) is 7.21. The number of fused-ring (bicyclic) bond motifs is 1. The summed E-state index contributed by atoms with van der Waals surface area (Å²) in [5.41, 5.74) is -0.390. The maximum absolute atomic E-state index is 13.7. The topological polar surface area (TPSA) is 32.3 Å². The number of rotatable bonds is 1. The predicted octanol–water partition coefficient (Wildman–Crippen LogP) is 2.60. The van der Waals surface area contributed by atoms with Crippen molar-refractivity contribution in [2.45, 2.75) is 12.8 Å². The third kappa shape index (κ3) is 3.08. The number of amides is 1. The number of carbonyl (C=O) groups is 1. The monoisotopic (exact) mass is 334 g/mol. The van der Waals surface area contributed by atoms with Gasteiger partial charge in [-0.2, -0.15) is 0 Å². The van der Waals surface area contributed by atoms with Crippen molar-refractivity contribution in [1.29, 1.82) is 0 Å². The number of halogens is 4. The molecule has 1 aromatic rings. The van der Waals surface area contributed by atoms with Crippen molar-refractivity contribution in [3.63, 3.8) is 0 Å². The minimum Gasteiger partial charge on any atom is -0.339 e. The van der Waals surface area contributed by atoms with E-state index in [9.17, 15) is 18.0 Å². The molecule has 0 radical (unpaired) electrons. The van der Waals surface area contributed by atoms with Gasteiger partial charge in [0.25, 0.3) is 5.91 Å². The van der Waals surface area contributed by atoms with Gasteiger partial charge in [0.15, 0.2) is 17.5 Å². The lowest BCUT2D eigenvalue weighted by Gasteiger charge is -2.21. The van der Waals surface area contributed by atoms with Crippen LogP contribution in [-0.2, 0) is 0 Å². The number of benzene rings is 1. The van der Waals surface area contributed by atoms with E-state index in [-0.39, 0.29) is 18.0 Å². The Morgan fingerprint density at radius 3 is 2.23 bits per heavy atom. The lowest BCUT2D eigenvalue weighted by Crippen LogP contribution is -2.33. The first-order valence-corrected chi connectivity index (χ1v) is 7.21. The molecule has 2 atom stereocenters. The Hall–Kier alpha value is -1.27. The van der Waals surface area contributed by atoms with E-state index in [1.54, 1.807) is 4.90 Å². The first-order chi connectivity index (χ1) is 10.1. The van der Waals surface area contributed by atoms with Crippen LogP contribution >= 0.6 is 12.4 Å². The average molecular weight is 335 g/mol. The Labute approximate surface area is 133 Å². The van der Waals surface area contributed by atoms with Crippen LogP contribution in [0, 0.1) is 29.3 Å². The van der Waals surface area contributed by atoms with Crippen LogP contribution < -0.4 is 5.32 Å². The van der Waals surface area contributed by atoms with Crippen LogP contribution in [0.4, 0.5) is 13.2 Å². The summed E-state index contributed by atoms with van der Waals surface area (Å²) in [5, 5.41) is 3.34. The molecule has 2 aliphatic heterocycles. The highest BCUT2D eigenvalue weighted by atomic mass is 35.5. The van der Waals surface area contributed by atoms with Gasteiger partial charge in [-0.3, -0.25) is 4.79 Å². The molecule has 0 unspecified atom stereocenters. The van der Waals surface area contributed by atoms with E-state index in [0.29, 0.717) is 24.9 Å². The van der Waals surface area contributed by atoms with Crippen molar-refractivity contribution < 1.29 is 18.0 Å². The highest BCUT2D eigenvalue weighted by molar-refractivity contribution is 5.94. The van der Waals surface area contributed by atoms with Crippen LogP contribution in [0.5, 0.6) is 0 Å². The molecule has 1 aromatic carbocycles. The van der Waals surface area contributed by atoms with Crippen molar-refractivity contribution in [3.05, 3.63) is 35.1 Å². The normalized spacial score (nSPS) is 24.4. The second kappa shape index (κ2) is 6.87. The molecular weight excluding hydrogens is 317 g/mol. The molecule has 122 valence electrons. The van der Waals surface area contributed by atoms with Gasteiger partial charge in [-0.05, 0) is 49.9 Å². The number of nitrogens with one attached hydrogen (secondary N) is 1. The summed E-state index contributed by atoms with van der Waals surface area (Å²) in [7, 11) is 0. The van der Waals surface area contributed by atoms with E-state index in [4.69, 9.17) is 0 Å². The number of nitrogens with zero attached hydrogens (tertiary/aromatic N) is 1. The van der Waals surface area contributed by atoms with Gasteiger partial charge < -0.3 is 10.2 Å². The molecule has 0 spiro atoms. The Morgan fingerprint density at radius 1 is 1.05 bits per heavy atom. The summed E-state index contributed by atoms with van der Waals surface area (Å²) in [4.78, 5) is 13.9. The summed E-state index contributed by atoms with van der Waals surface area (Å²) >= 11 is 0. The first kappa shape index (κ1) is 17.1. The van der Waals surface area contributed by atoms with Crippen LogP contribution in [0.1, 0.15) is 23.2 Å². The molecule has 22 heavy (non-hydrogen) atoms. The molecule has 2 aliphatic rings. The van der Waals surface area contributed by atoms with Crippen molar-refractivity contribution in [1.82, 2.24) is 10.2 Å². The van der Waals surface area contributed by atoms with E-state index in [1.165, 1.54) is 0 Å². The third-order valence-corrected chi connectivity index (χ3v) is 4.57. The van der Waals surface area contributed by atoms with Crippen LogP contribution in [0.25, 0.3) is 0 Å². The molecule has 7 heteroatoms. The molecule has 1 amide bonds. The van der Waals surface area contributed by atoms with E-state index >= 15 is 0 Å². The Morgan fingerprint density at radius 2 is 1.64 bits per heavy atom. The molecule has 0 aromatic heterocycles. The Balaban J connectivity index is 0.00000176. The number of carbonyl (C=O) groups excluding carboxylic acids is 1. The molecule has 2 saturated heterocycles. The summed E-state index contributed by atoms with van der Waals surface area (Å²) < 4.78 is 39.9. The second-order valence-corrected chi connectivity index (χ2v) is 5.77. The molecule has 0 saturated carbocycles. The maximum Gasteiger partial charge on any atom is 0.256 e. The van der Waals surface area contributed by atoms with E-state index in [0.717, 1.165) is 38.1 Å². The molecule has 2 heterocycles. The average Bonchev–Trinajstić information content (AvgIpc) is 2.83. The quantitative estimate of drug-likeness (QED) is 0.801. The van der Waals surface area contributed by atoms with Gasteiger partial charge in [0.05, 0.1) is 5.56 Å². The molecule has 0 aliphatic carbocycles. The van der Waals surface area contributed by atoms with Gasteiger partial charge in [0.1, 0.15) is 0 Å². The van der Waals surface area contributed by atoms with Gasteiger partial charge in [-0.1, -0.05) is 0 Å². The van der Waals surface area contributed by atoms with E-state index in [1.807, 2.05) is 0 Å². The number of hydrogen-bond donors (Lipinski definition) is 1. The fourth-order valence-electron chi connectivity index (χ4n) is 3.28. The fraction of sp³-hybridized carbons (Fsp3) is 0.533. The SMILES string of the molecule is Cl.O=C(c1ccc(F)c(F)c1F)N1CC[C@@H]2CNC[C@@H]2CC1. The minimum absolute atomic E-state index is 0. The van der Waals surface area contributed by atoms with Gasteiger partial charge in [0, 0.05) is 13.1 Å². The number of hydrogen-bond acceptors (Lipinski definition) is 2. The molecule has 2 fully saturated rings. The lowest BCUT2D eigenvalue weighted by atomic mass is 9.92. The standard InChI is InChI=1S/C15H17F3N2O.ClH/c16-12-2-1-11(13(17)14(12)18)15(21)20-5-3-9-7-19-8-10(9)4-6-20;/h1-2,9-10,19H,3-8H2;1H/t9-,10+;. The zero-order valence-electron chi connectivity index (χ0n) is 11.9. The zero-order chi connectivity index (χ0) is 15.0. The Bertz CT molecular complexity index is 556. The van der Waals surface area contributed by atoms with Crippen molar-refractivity contribution in [3.8, 4) is 0 Å². The molecular formula is C15H18ClF3N2O. The molecule has 3 rings (SSSR count). The largest absolute Gasteiger partial charge is 0.339 e. The molecule has 1 N–H and O–H groups in total.